The first-order valence-electron chi connectivity index (χ1n) is 10.5. The van der Waals surface area contributed by atoms with Crippen molar-refractivity contribution in [2.24, 2.45) is 0 Å². The Bertz CT molecular complexity index is 767. The number of hydrogen-bond acceptors (Lipinski definition) is 3. The molecule has 3 nitrogen and oxygen atoms in total. The SMILES string of the molecule is c1ccc(O[C@H]2COC3(CCN(C[C@H]4CCc5ccccc54)CC3)C2)cc1. The molecule has 27 heavy (non-hydrogen) atoms. The van der Waals surface area contributed by atoms with Gasteiger partial charge in [-0.1, -0.05) is 42.5 Å². The summed E-state index contributed by atoms with van der Waals surface area (Å²) in [5.41, 5.74) is 3.20. The number of ether oxygens (including phenoxy) is 2. The highest BCUT2D eigenvalue weighted by Gasteiger charge is 2.44. The fourth-order valence-corrected chi connectivity index (χ4v) is 5.21. The van der Waals surface area contributed by atoms with Crippen LogP contribution in [-0.4, -0.2) is 42.8 Å². The van der Waals surface area contributed by atoms with E-state index in [-0.39, 0.29) is 11.7 Å². The van der Waals surface area contributed by atoms with Crippen molar-refractivity contribution in [3.8, 4) is 5.75 Å². The average molecular weight is 364 g/mol. The molecule has 0 saturated carbocycles. The van der Waals surface area contributed by atoms with E-state index in [4.69, 9.17) is 9.47 Å². The second kappa shape index (κ2) is 7.29. The molecule has 1 aliphatic carbocycles. The average Bonchev–Trinajstić information content (AvgIpc) is 3.29. The number of aryl methyl sites for hydroxylation is 1. The third-order valence-electron chi connectivity index (χ3n) is 6.72. The Morgan fingerprint density at radius 1 is 1.00 bits per heavy atom. The Labute approximate surface area is 162 Å². The lowest BCUT2D eigenvalue weighted by atomic mass is 9.87. The van der Waals surface area contributed by atoms with Gasteiger partial charge in [-0.2, -0.15) is 0 Å². The second-order valence-corrected chi connectivity index (χ2v) is 8.49. The number of likely N-dealkylation sites (tertiary alicyclic amines) is 1. The number of benzene rings is 2. The summed E-state index contributed by atoms with van der Waals surface area (Å²) in [6, 6.07) is 19.2. The van der Waals surface area contributed by atoms with Gasteiger partial charge in [-0.05, 0) is 54.9 Å². The molecule has 0 bridgehead atoms. The molecule has 2 aromatic rings. The minimum absolute atomic E-state index is 0.0452. The molecule has 2 fully saturated rings. The van der Waals surface area contributed by atoms with Crippen molar-refractivity contribution < 1.29 is 9.47 Å². The molecule has 2 atom stereocenters. The number of nitrogens with zero attached hydrogens (tertiary/aromatic N) is 1. The topological polar surface area (TPSA) is 21.7 Å². The maximum Gasteiger partial charge on any atom is 0.125 e. The highest BCUT2D eigenvalue weighted by Crippen LogP contribution is 2.39. The highest BCUT2D eigenvalue weighted by atomic mass is 16.6. The third-order valence-corrected chi connectivity index (χ3v) is 6.72. The number of rotatable bonds is 4. The van der Waals surface area contributed by atoms with Gasteiger partial charge in [0.25, 0.3) is 0 Å². The summed E-state index contributed by atoms with van der Waals surface area (Å²) in [7, 11) is 0. The van der Waals surface area contributed by atoms with Crippen molar-refractivity contribution in [2.75, 3.05) is 26.2 Å². The molecule has 5 rings (SSSR count). The summed E-state index contributed by atoms with van der Waals surface area (Å²) in [5, 5.41) is 0. The molecule has 2 aromatic carbocycles. The molecule has 2 saturated heterocycles. The van der Waals surface area contributed by atoms with Crippen molar-refractivity contribution in [2.45, 2.75) is 49.7 Å². The normalized spacial score (nSPS) is 27.0. The van der Waals surface area contributed by atoms with E-state index in [2.05, 4.69) is 29.2 Å². The molecule has 0 amide bonds. The largest absolute Gasteiger partial charge is 0.488 e. The molecule has 3 heteroatoms. The summed E-state index contributed by atoms with van der Waals surface area (Å²) < 4.78 is 12.4. The van der Waals surface area contributed by atoms with Crippen LogP contribution in [0, 0.1) is 0 Å². The summed E-state index contributed by atoms with van der Waals surface area (Å²) >= 11 is 0. The molecule has 3 aliphatic rings. The van der Waals surface area contributed by atoms with Gasteiger partial charge in [-0.3, -0.25) is 0 Å². The lowest BCUT2D eigenvalue weighted by molar-refractivity contribution is -0.0448. The molecule has 0 unspecified atom stereocenters. The van der Waals surface area contributed by atoms with E-state index in [0.29, 0.717) is 5.92 Å². The van der Waals surface area contributed by atoms with Crippen molar-refractivity contribution in [3.63, 3.8) is 0 Å². The lowest BCUT2D eigenvalue weighted by Gasteiger charge is -2.39. The van der Waals surface area contributed by atoms with Crippen LogP contribution in [0.2, 0.25) is 0 Å². The van der Waals surface area contributed by atoms with Gasteiger partial charge in [0.05, 0.1) is 12.2 Å². The van der Waals surface area contributed by atoms with E-state index >= 15 is 0 Å². The minimum Gasteiger partial charge on any atom is -0.488 e. The van der Waals surface area contributed by atoms with Crippen LogP contribution >= 0.6 is 0 Å². The smallest absolute Gasteiger partial charge is 0.125 e. The molecule has 0 N–H and O–H groups in total. The Morgan fingerprint density at radius 3 is 2.63 bits per heavy atom. The maximum atomic E-state index is 6.29. The third kappa shape index (κ3) is 3.63. The second-order valence-electron chi connectivity index (χ2n) is 8.49. The quantitative estimate of drug-likeness (QED) is 0.803. The molecular weight excluding hydrogens is 334 g/mol. The first-order chi connectivity index (χ1) is 13.3. The van der Waals surface area contributed by atoms with Gasteiger partial charge in [0.15, 0.2) is 0 Å². The maximum absolute atomic E-state index is 6.29. The first kappa shape index (κ1) is 17.3. The Hall–Kier alpha value is -1.84. The summed E-state index contributed by atoms with van der Waals surface area (Å²) in [6.07, 6.45) is 6.05. The van der Waals surface area contributed by atoms with Crippen LogP contribution in [0.5, 0.6) is 5.75 Å². The fraction of sp³-hybridized carbons (Fsp3) is 0.500. The van der Waals surface area contributed by atoms with E-state index in [9.17, 15) is 0 Å². The minimum atomic E-state index is 0.0452. The van der Waals surface area contributed by atoms with E-state index in [0.717, 1.165) is 44.7 Å². The van der Waals surface area contributed by atoms with Crippen LogP contribution < -0.4 is 4.74 Å². The van der Waals surface area contributed by atoms with Crippen molar-refractivity contribution in [1.29, 1.82) is 0 Å². The van der Waals surface area contributed by atoms with Gasteiger partial charge >= 0.3 is 0 Å². The van der Waals surface area contributed by atoms with E-state index in [1.54, 1.807) is 11.1 Å². The number of piperidine rings is 1. The first-order valence-corrected chi connectivity index (χ1v) is 10.5. The van der Waals surface area contributed by atoms with Crippen LogP contribution in [0.1, 0.15) is 42.7 Å². The van der Waals surface area contributed by atoms with Gasteiger partial charge in [0, 0.05) is 26.1 Å². The molecule has 1 spiro atoms. The number of para-hydroxylation sites is 1. The van der Waals surface area contributed by atoms with Gasteiger partial charge in [-0.25, -0.2) is 0 Å². The molecule has 0 aromatic heterocycles. The molecule has 2 heterocycles. The zero-order valence-electron chi connectivity index (χ0n) is 16.0. The van der Waals surface area contributed by atoms with Crippen molar-refractivity contribution in [1.82, 2.24) is 4.90 Å². The number of hydrogen-bond donors (Lipinski definition) is 0. The van der Waals surface area contributed by atoms with Crippen LogP contribution in [-0.2, 0) is 11.2 Å². The standard InChI is InChI=1S/C24H29NO2/c1-2-7-21(8-3-1)27-22-16-24(26-18-22)12-14-25(15-13-24)17-20-11-10-19-6-4-5-9-23(19)20/h1-9,20,22H,10-18H2/t20-,22-/m1/s1. The summed E-state index contributed by atoms with van der Waals surface area (Å²) in [5.74, 6) is 1.68. The van der Waals surface area contributed by atoms with Crippen LogP contribution in [0.15, 0.2) is 54.6 Å². The summed E-state index contributed by atoms with van der Waals surface area (Å²) in [6.45, 7) is 4.23. The molecule has 0 radical (unpaired) electrons. The predicted molar refractivity (Wildman–Crippen MR) is 107 cm³/mol. The van der Waals surface area contributed by atoms with Crippen LogP contribution in [0.25, 0.3) is 0 Å². The monoisotopic (exact) mass is 363 g/mol. The van der Waals surface area contributed by atoms with Crippen molar-refractivity contribution >= 4 is 0 Å². The van der Waals surface area contributed by atoms with Crippen molar-refractivity contribution in [3.05, 3.63) is 65.7 Å². The van der Waals surface area contributed by atoms with Crippen LogP contribution in [0.3, 0.4) is 0 Å². The molecule has 142 valence electrons. The van der Waals surface area contributed by atoms with E-state index in [1.807, 2.05) is 30.3 Å². The Kier molecular flexibility index (Phi) is 4.66. The molecular formula is C24H29NO2. The molecule has 2 aliphatic heterocycles. The van der Waals surface area contributed by atoms with Crippen LogP contribution in [0.4, 0.5) is 0 Å². The fourth-order valence-electron chi connectivity index (χ4n) is 5.21. The van der Waals surface area contributed by atoms with E-state index in [1.165, 1.54) is 19.4 Å². The predicted octanol–water partition coefficient (Wildman–Crippen LogP) is 4.42. The van der Waals surface area contributed by atoms with E-state index < -0.39 is 0 Å². The van der Waals surface area contributed by atoms with Gasteiger partial charge in [0.1, 0.15) is 11.9 Å². The Morgan fingerprint density at radius 2 is 1.78 bits per heavy atom. The zero-order valence-corrected chi connectivity index (χ0v) is 16.0. The number of fused-ring (bicyclic) bond motifs is 1. The van der Waals surface area contributed by atoms with Gasteiger partial charge in [-0.15, -0.1) is 0 Å². The van der Waals surface area contributed by atoms with Gasteiger partial charge < -0.3 is 14.4 Å². The highest BCUT2D eigenvalue weighted by molar-refractivity contribution is 5.35. The lowest BCUT2D eigenvalue weighted by Crippen LogP contribution is -2.45. The zero-order chi connectivity index (χ0) is 18.1. The van der Waals surface area contributed by atoms with Gasteiger partial charge in [0.2, 0.25) is 0 Å². The Balaban J connectivity index is 1.14. The summed E-state index contributed by atoms with van der Waals surface area (Å²) in [4.78, 5) is 2.66.